The molecule has 1 aromatic carbocycles. The second-order valence-corrected chi connectivity index (χ2v) is 7.89. The Morgan fingerprint density at radius 1 is 1.15 bits per heavy atom. The van der Waals surface area contributed by atoms with E-state index in [4.69, 9.17) is 9.40 Å². The van der Waals surface area contributed by atoms with Gasteiger partial charge in [-0.25, -0.2) is 4.98 Å². The number of imidazole rings is 1. The molecule has 0 bridgehead atoms. The van der Waals surface area contributed by atoms with E-state index in [0.29, 0.717) is 5.92 Å². The van der Waals surface area contributed by atoms with E-state index in [0.717, 1.165) is 56.1 Å². The Morgan fingerprint density at radius 3 is 2.65 bits per heavy atom. The van der Waals surface area contributed by atoms with Crippen molar-refractivity contribution in [3.63, 3.8) is 0 Å². The van der Waals surface area contributed by atoms with Crippen molar-refractivity contribution >= 4 is 11.0 Å². The fraction of sp³-hybridized carbons (Fsp3) is 0.450. The van der Waals surface area contributed by atoms with Crippen LogP contribution in [0, 0.1) is 11.3 Å². The number of para-hydroxylation sites is 2. The van der Waals surface area contributed by atoms with Gasteiger partial charge >= 0.3 is 0 Å². The lowest BCUT2D eigenvalue weighted by molar-refractivity contribution is 0.110. The fourth-order valence-corrected chi connectivity index (χ4v) is 4.80. The SMILES string of the molecule is OCC12CN(Cc3ccoc3)CC1CN(Cc1nc3ccccc3[nH]1)C2. The molecule has 2 N–H and O–H groups in total. The zero-order valence-electron chi connectivity index (χ0n) is 14.8. The predicted octanol–water partition coefficient (Wildman–Crippen LogP) is 2.08. The zero-order valence-corrected chi connectivity index (χ0v) is 14.8. The summed E-state index contributed by atoms with van der Waals surface area (Å²) in [6, 6.07) is 10.2. The van der Waals surface area contributed by atoms with E-state index >= 15 is 0 Å². The number of nitrogens with one attached hydrogen (secondary N) is 1. The fourth-order valence-electron chi connectivity index (χ4n) is 4.80. The minimum atomic E-state index is -0.0181. The van der Waals surface area contributed by atoms with E-state index in [-0.39, 0.29) is 12.0 Å². The van der Waals surface area contributed by atoms with Crippen LogP contribution in [0.15, 0.2) is 47.3 Å². The van der Waals surface area contributed by atoms with Crippen LogP contribution in [0.2, 0.25) is 0 Å². The van der Waals surface area contributed by atoms with Gasteiger partial charge in [0.15, 0.2) is 0 Å². The Bertz CT molecular complexity index is 857. The maximum Gasteiger partial charge on any atom is 0.121 e. The van der Waals surface area contributed by atoms with Crippen LogP contribution in [0.4, 0.5) is 0 Å². The first-order chi connectivity index (χ1) is 12.7. The van der Waals surface area contributed by atoms with Gasteiger partial charge in [0.25, 0.3) is 0 Å². The van der Waals surface area contributed by atoms with Crippen molar-refractivity contribution in [2.24, 2.45) is 11.3 Å². The third kappa shape index (κ3) is 2.74. The summed E-state index contributed by atoms with van der Waals surface area (Å²) < 4.78 is 5.18. The molecule has 0 saturated carbocycles. The Kier molecular flexibility index (Phi) is 3.85. The number of hydrogen-bond donors (Lipinski definition) is 2. The standard InChI is InChI=1S/C20H24N4O2/c25-14-20-12-23(7-15-5-6-26-11-15)8-16(20)9-24(13-20)10-19-21-17-3-1-2-4-18(17)22-19/h1-6,11,16,25H,7-10,12-14H2,(H,21,22). The van der Waals surface area contributed by atoms with Crippen molar-refractivity contribution in [2.75, 3.05) is 32.8 Å². The summed E-state index contributed by atoms with van der Waals surface area (Å²) in [6.45, 7) is 5.87. The lowest BCUT2D eigenvalue weighted by atomic mass is 9.82. The molecule has 0 spiro atoms. The van der Waals surface area contributed by atoms with Gasteiger partial charge in [-0.1, -0.05) is 12.1 Å². The number of benzene rings is 1. The van der Waals surface area contributed by atoms with E-state index in [1.807, 2.05) is 30.5 Å². The van der Waals surface area contributed by atoms with Gasteiger partial charge in [0, 0.05) is 43.7 Å². The molecule has 5 rings (SSSR count). The van der Waals surface area contributed by atoms with Gasteiger partial charge < -0.3 is 14.5 Å². The van der Waals surface area contributed by atoms with E-state index in [1.54, 1.807) is 6.26 Å². The highest BCUT2D eigenvalue weighted by Gasteiger charge is 2.51. The summed E-state index contributed by atoms with van der Waals surface area (Å²) in [6.07, 6.45) is 3.54. The molecule has 2 aliphatic rings. The number of nitrogens with zero attached hydrogens (tertiary/aromatic N) is 3. The molecule has 4 heterocycles. The van der Waals surface area contributed by atoms with E-state index in [1.165, 1.54) is 5.56 Å². The highest BCUT2D eigenvalue weighted by atomic mass is 16.3. The van der Waals surface area contributed by atoms with Crippen molar-refractivity contribution in [1.82, 2.24) is 19.8 Å². The van der Waals surface area contributed by atoms with Crippen LogP contribution in [-0.2, 0) is 13.1 Å². The predicted molar refractivity (Wildman–Crippen MR) is 98.4 cm³/mol. The van der Waals surface area contributed by atoms with Crippen molar-refractivity contribution < 1.29 is 9.52 Å². The smallest absolute Gasteiger partial charge is 0.121 e. The number of likely N-dealkylation sites (tertiary alicyclic amines) is 2. The van der Waals surface area contributed by atoms with Crippen LogP contribution in [0.3, 0.4) is 0 Å². The van der Waals surface area contributed by atoms with Gasteiger partial charge in [0.05, 0.1) is 36.7 Å². The van der Waals surface area contributed by atoms with Crippen molar-refractivity contribution in [2.45, 2.75) is 13.1 Å². The number of H-pyrrole nitrogens is 1. The van der Waals surface area contributed by atoms with Crippen LogP contribution in [0.5, 0.6) is 0 Å². The number of rotatable bonds is 5. The largest absolute Gasteiger partial charge is 0.472 e. The third-order valence-corrected chi connectivity index (χ3v) is 6.01. The number of aromatic nitrogens is 2. The van der Waals surface area contributed by atoms with Crippen LogP contribution < -0.4 is 0 Å². The third-order valence-electron chi connectivity index (χ3n) is 6.01. The molecule has 3 aromatic rings. The number of aliphatic hydroxyl groups is 1. The Labute approximate surface area is 152 Å². The maximum atomic E-state index is 10.2. The average molecular weight is 352 g/mol. The Balaban J connectivity index is 1.27. The summed E-state index contributed by atoms with van der Waals surface area (Å²) in [5.74, 6) is 1.51. The van der Waals surface area contributed by atoms with Crippen LogP contribution in [0.1, 0.15) is 11.4 Å². The Hall–Kier alpha value is -2.15. The molecule has 2 saturated heterocycles. The van der Waals surface area contributed by atoms with Gasteiger partial charge in [-0.05, 0) is 24.1 Å². The average Bonchev–Trinajstić information content (AvgIpc) is 3.37. The van der Waals surface area contributed by atoms with E-state index in [2.05, 4.69) is 20.9 Å². The summed E-state index contributed by atoms with van der Waals surface area (Å²) in [5, 5.41) is 10.2. The van der Waals surface area contributed by atoms with E-state index < -0.39 is 0 Å². The first-order valence-electron chi connectivity index (χ1n) is 9.24. The van der Waals surface area contributed by atoms with Crippen molar-refractivity contribution in [1.29, 1.82) is 0 Å². The van der Waals surface area contributed by atoms with Crippen LogP contribution in [0.25, 0.3) is 11.0 Å². The molecule has 6 nitrogen and oxygen atoms in total. The molecule has 0 radical (unpaired) electrons. The quantitative estimate of drug-likeness (QED) is 0.736. The molecule has 0 amide bonds. The molecule has 2 aromatic heterocycles. The van der Waals surface area contributed by atoms with Crippen molar-refractivity contribution in [3.05, 3.63) is 54.2 Å². The molecule has 2 fully saturated rings. The highest BCUT2D eigenvalue weighted by molar-refractivity contribution is 5.74. The number of furan rings is 1. The van der Waals surface area contributed by atoms with Gasteiger partial charge in [-0.15, -0.1) is 0 Å². The van der Waals surface area contributed by atoms with Gasteiger partial charge in [0.2, 0.25) is 0 Å². The molecule has 0 aliphatic carbocycles. The molecular weight excluding hydrogens is 328 g/mol. The van der Waals surface area contributed by atoms with Crippen LogP contribution >= 0.6 is 0 Å². The first-order valence-corrected chi connectivity index (χ1v) is 9.24. The molecule has 2 aliphatic heterocycles. The second-order valence-electron chi connectivity index (χ2n) is 7.89. The number of aliphatic hydroxyl groups excluding tert-OH is 1. The van der Waals surface area contributed by atoms with Gasteiger partial charge in [-0.2, -0.15) is 0 Å². The minimum Gasteiger partial charge on any atom is -0.472 e. The minimum absolute atomic E-state index is 0.0181. The molecule has 2 unspecified atom stereocenters. The molecule has 6 heteroatoms. The normalized spacial score (nSPS) is 26.7. The second kappa shape index (κ2) is 6.23. The molecule has 2 atom stereocenters. The summed E-state index contributed by atoms with van der Waals surface area (Å²) in [7, 11) is 0. The van der Waals surface area contributed by atoms with E-state index in [9.17, 15) is 5.11 Å². The summed E-state index contributed by atoms with van der Waals surface area (Å²) in [5.41, 5.74) is 3.29. The van der Waals surface area contributed by atoms with Crippen LogP contribution in [-0.4, -0.2) is 57.7 Å². The van der Waals surface area contributed by atoms with Gasteiger partial charge in [0.1, 0.15) is 5.82 Å². The maximum absolute atomic E-state index is 10.2. The zero-order chi connectivity index (χ0) is 17.6. The Morgan fingerprint density at radius 2 is 1.96 bits per heavy atom. The molecule has 136 valence electrons. The number of aromatic amines is 1. The number of hydrogen-bond acceptors (Lipinski definition) is 5. The highest BCUT2D eigenvalue weighted by Crippen LogP contribution is 2.43. The lowest BCUT2D eigenvalue weighted by Gasteiger charge is -2.27. The summed E-state index contributed by atoms with van der Waals surface area (Å²) >= 11 is 0. The molecule has 26 heavy (non-hydrogen) atoms. The monoisotopic (exact) mass is 352 g/mol. The lowest BCUT2D eigenvalue weighted by Crippen LogP contribution is -2.36. The number of fused-ring (bicyclic) bond motifs is 2. The first kappa shape index (κ1) is 16.1. The summed E-state index contributed by atoms with van der Waals surface area (Å²) in [4.78, 5) is 13.0. The van der Waals surface area contributed by atoms with Crippen molar-refractivity contribution in [3.8, 4) is 0 Å². The topological polar surface area (TPSA) is 68.5 Å². The van der Waals surface area contributed by atoms with Gasteiger partial charge in [-0.3, -0.25) is 9.80 Å². The molecular formula is C20H24N4O2.